The Balaban J connectivity index is 1.74. The van der Waals surface area contributed by atoms with Gasteiger partial charge in [0.05, 0.1) is 0 Å². The number of thiocarbonyl (C=S) groups is 1. The molecule has 1 aliphatic carbocycles. The molecule has 0 bridgehead atoms. The van der Waals surface area contributed by atoms with Gasteiger partial charge >= 0.3 is 0 Å². The van der Waals surface area contributed by atoms with Crippen molar-refractivity contribution in [3.63, 3.8) is 0 Å². The Labute approximate surface area is 115 Å². The van der Waals surface area contributed by atoms with Crippen LogP contribution in [0.25, 0.3) is 0 Å². The molecule has 2 nitrogen and oxygen atoms in total. The van der Waals surface area contributed by atoms with E-state index in [2.05, 4.69) is 17.6 Å². The molecule has 0 aromatic heterocycles. The fourth-order valence-corrected chi connectivity index (χ4v) is 2.82. The van der Waals surface area contributed by atoms with E-state index in [0.717, 1.165) is 29.2 Å². The highest BCUT2D eigenvalue weighted by Crippen LogP contribution is 2.28. The fraction of sp³-hybridized carbons (Fsp3) is 0.533. The van der Waals surface area contributed by atoms with Gasteiger partial charge in [0, 0.05) is 12.2 Å². The molecule has 0 heterocycles. The van der Waals surface area contributed by atoms with E-state index in [-0.39, 0.29) is 0 Å². The summed E-state index contributed by atoms with van der Waals surface area (Å²) in [6, 6.07) is 10.1. The molecule has 1 aromatic rings. The lowest BCUT2D eigenvalue weighted by molar-refractivity contribution is 0.257. The molecule has 2 atom stereocenters. The van der Waals surface area contributed by atoms with Gasteiger partial charge in [-0.1, -0.05) is 44.4 Å². The Kier molecular flexibility index (Phi) is 5.00. The van der Waals surface area contributed by atoms with Crippen LogP contribution in [0.2, 0.25) is 0 Å². The Bertz CT molecular complexity index is 377. The first kappa shape index (κ1) is 13.3. The number of para-hydroxylation sites is 1. The lowest BCUT2D eigenvalue weighted by atomic mass is 9.80. The Hall–Kier alpha value is -1.09. The number of rotatable bonds is 3. The highest BCUT2D eigenvalue weighted by atomic mass is 32.1. The summed E-state index contributed by atoms with van der Waals surface area (Å²) in [6.45, 7) is 3.36. The maximum atomic E-state index is 5.32. The maximum absolute atomic E-state index is 5.32. The van der Waals surface area contributed by atoms with E-state index in [4.69, 9.17) is 12.2 Å². The van der Waals surface area contributed by atoms with Crippen molar-refractivity contribution in [1.29, 1.82) is 0 Å². The average molecular weight is 262 g/mol. The fourth-order valence-electron chi connectivity index (χ4n) is 2.62. The van der Waals surface area contributed by atoms with Crippen molar-refractivity contribution in [3.8, 4) is 0 Å². The first-order valence-corrected chi connectivity index (χ1v) is 7.26. The zero-order chi connectivity index (χ0) is 12.8. The van der Waals surface area contributed by atoms with Crippen molar-refractivity contribution >= 4 is 23.0 Å². The van der Waals surface area contributed by atoms with E-state index in [1.54, 1.807) is 0 Å². The number of benzene rings is 1. The van der Waals surface area contributed by atoms with E-state index in [9.17, 15) is 0 Å². The number of anilines is 1. The van der Waals surface area contributed by atoms with Gasteiger partial charge in [-0.25, -0.2) is 0 Å². The first-order valence-electron chi connectivity index (χ1n) is 6.85. The molecule has 98 valence electrons. The third kappa shape index (κ3) is 3.98. The van der Waals surface area contributed by atoms with Crippen LogP contribution in [-0.4, -0.2) is 11.7 Å². The molecular weight excluding hydrogens is 240 g/mol. The molecular formula is C15H22N2S. The van der Waals surface area contributed by atoms with E-state index in [0.29, 0.717) is 0 Å². The predicted octanol–water partition coefficient (Wildman–Crippen LogP) is 3.80. The average Bonchev–Trinajstić information content (AvgIpc) is 2.39. The summed E-state index contributed by atoms with van der Waals surface area (Å²) < 4.78 is 0. The van der Waals surface area contributed by atoms with Gasteiger partial charge in [-0.3, -0.25) is 0 Å². The zero-order valence-electron chi connectivity index (χ0n) is 11.0. The molecule has 1 saturated carbocycles. The molecule has 1 aromatic carbocycles. The lowest BCUT2D eigenvalue weighted by Crippen LogP contribution is -2.35. The van der Waals surface area contributed by atoms with E-state index < -0.39 is 0 Å². The van der Waals surface area contributed by atoms with Gasteiger partial charge in [-0.05, 0) is 42.6 Å². The third-order valence-corrected chi connectivity index (χ3v) is 4.09. The van der Waals surface area contributed by atoms with E-state index in [1.807, 2.05) is 30.3 Å². The monoisotopic (exact) mass is 262 g/mol. The third-order valence-electron chi connectivity index (χ3n) is 3.85. The molecule has 3 heteroatoms. The van der Waals surface area contributed by atoms with Crippen LogP contribution in [0.5, 0.6) is 0 Å². The Morgan fingerprint density at radius 3 is 2.67 bits per heavy atom. The topological polar surface area (TPSA) is 24.1 Å². The van der Waals surface area contributed by atoms with Crippen LogP contribution in [0.15, 0.2) is 30.3 Å². The van der Waals surface area contributed by atoms with Crippen LogP contribution in [0.3, 0.4) is 0 Å². The molecule has 0 aliphatic heterocycles. The second-order valence-electron chi connectivity index (χ2n) is 5.22. The van der Waals surface area contributed by atoms with Gasteiger partial charge in [0.1, 0.15) is 0 Å². The normalized spacial score (nSPS) is 23.4. The molecule has 18 heavy (non-hydrogen) atoms. The summed E-state index contributed by atoms with van der Waals surface area (Å²) in [5, 5.41) is 7.30. The molecule has 1 aliphatic rings. The van der Waals surface area contributed by atoms with Gasteiger partial charge in [0.2, 0.25) is 0 Å². The van der Waals surface area contributed by atoms with E-state index in [1.165, 1.54) is 25.7 Å². The molecule has 2 unspecified atom stereocenters. The maximum Gasteiger partial charge on any atom is 0.170 e. The largest absolute Gasteiger partial charge is 0.362 e. The minimum Gasteiger partial charge on any atom is -0.362 e. The quantitative estimate of drug-likeness (QED) is 0.810. The van der Waals surface area contributed by atoms with Crippen molar-refractivity contribution in [3.05, 3.63) is 30.3 Å². The van der Waals surface area contributed by atoms with Crippen molar-refractivity contribution < 1.29 is 0 Å². The number of nitrogens with one attached hydrogen (secondary N) is 2. The van der Waals surface area contributed by atoms with Crippen LogP contribution in [0, 0.1) is 11.8 Å². The summed E-state index contributed by atoms with van der Waals surface area (Å²) >= 11 is 5.32. The number of hydrogen-bond donors (Lipinski definition) is 2. The van der Waals surface area contributed by atoms with Crippen LogP contribution in [0.4, 0.5) is 5.69 Å². The van der Waals surface area contributed by atoms with Crippen LogP contribution in [-0.2, 0) is 0 Å². The molecule has 0 radical (unpaired) electrons. The first-order chi connectivity index (χ1) is 8.75. The Morgan fingerprint density at radius 1 is 1.22 bits per heavy atom. The number of hydrogen-bond acceptors (Lipinski definition) is 1. The smallest absolute Gasteiger partial charge is 0.170 e. The highest BCUT2D eigenvalue weighted by molar-refractivity contribution is 7.80. The summed E-state index contributed by atoms with van der Waals surface area (Å²) in [7, 11) is 0. The van der Waals surface area contributed by atoms with Gasteiger partial charge in [0.25, 0.3) is 0 Å². The van der Waals surface area contributed by atoms with Crippen molar-refractivity contribution in [2.24, 2.45) is 11.8 Å². The van der Waals surface area contributed by atoms with Gasteiger partial charge in [0.15, 0.2) is 5.11 Å². The minimum absolute atomic E-state index is 0.735. The summed E-state index contributed by atoms with van der Waals surface area (Å²) in [5.41, 5.74) is 1.05. The van der Waals surface area contributed by atoms with Gasteiger partial charge < -0.3 is 10.6 Å². The Morgan fingerprint density at radius 2 is 1.94 bits per heavy atom. The molecule has 0 amide bonds. The summed E-state index contributed by atoms with van der Waals surface area (Å²) in [6.07, 6.45) is 5.47. The van der Waals surface area contributed by atoms with Crippen LogP contribution in [0.1, 0.15) is 32.6 Å². The predicted molar refractivity (Wildman–Crippen MR) is 81.8 cm³/mol. The lowest BCUT2D eigenvalue weighted by Gasteiger charge is -2.29. The standard InChI is InChI=1S/C15H22N2S/c1-12-7-5-6-8-13(12)11-16-15(18)17-14-9-3-2-4-10-14/h2-4,9-10,12-13H,5-8,11H2,1H3,(H2,16,17,18). The van der Waals surface area contributed by atoms with Crippen molar-refractivity contribution in [2.75, 3.05) is 11.9 Å². The SMILES string of the molecule is CC1CCCCC1CNC(=S)Nc1ccccc1. The van der Waals surface area contributed by atoms with Crippen molar-refractivity contribution in [1.82, 2.24) is 5.32 Å². The molecule has 2 rings (SSSR count). The van der Waals surface area contributed by atoms with Crippen LogP contribution < -0.4 is 10.6 Å². The molecule has 2 N–H and O–H groups in total. The zero-order valence-corrected chi connectivity index (χ0v) is 11.8. The molecule has 0 spiro atoms. The van der Waals surface area contributed by atoms with Gasteiger partial charge in [-0.2, -0.15) is 0 Å². The highest BCUT2D eigenvalue weighted by Gasteiger charge is 2.20. The van der Waals surface area contributed by atoms with Gasteiger partial charge in [-0.15, -0.1) is 0 Å². The second kappa shape index (κ2) is 6.74. The van der Waals surface area contributed by atoms with E-state index >= 15 is 0 Å². The molecule has 0 saturated heterocycles. The summed E-state index contributed by atoms with van der Waals surface area (Å²) in [5.74, 6) is 1.60. The molecule has 1 fully saturated rings. The van der Waals surface area contributed by atoms with Crippen molar-refractivity contribution in [2.45, 2.75) is 32.6 Å². The summed E-state index contributed by atoms with van der Waals surface area (Å²) in [4.78, 5) is 0. The minimum atomic E-state index is 0.735. The van der Waals surface area contributed by atoms with Crippen LogP contribution >= 0.6 is 12.2 Å². The second-order valence-corrected chi connectivity index (χ2v) is 5.63.